The van der Waals surface area contributed by atoms with Crippen molar-refractivity contribution < 1.29 is 19.4 Å². The average molecular weight is 198 g/mol. The fourth-order valence-corrected chi connectivity index (χ4v) is 2.71. The molecule has 0 amide bonds. The van der Waals surface area contributed by atoms with Gasteiger partial charge in [-0.1, -0.05) is 0 Å². The highest BCUT2D eigenvalue weighted by molar-refractivity contribution is 5.72. The largest absolute Gasteiger partial charge is 0.481 e. The molecule has 14 heavy (non-hydrogen) atoms. The molecule has 0 radical (unpaired) electrons. The lowest BCUT2D eigenvalue weighted by Crippen LogP contribution is -2.45. The summed E-state index contributed by atoms with van der Waals surface area (Å²) in [6.45, 7) is 1.01. The summed E-state index contributed by atoms with van der Waals surface area (Å²) in [7, 11) is 0. The lowest BCUT2D eigenvalue weighted by atomic mass is 9.65. The Kier molecular flexibility index (Phi) is 2.31. The molecular formula is C10H14O4. The standard InChI is InChI=1S/C10H14O4/c11-5-10-2-7(4-14-6-10)1-8(3-10)9(12)13/h5,7-8H,1-4,6H2,(H,12,13). The van der Waals surface area contributed by atoms with Crippen molar-refractivity contribution in [2.45, 2.75) is 19.3 Å². The van der Waals surface area contributed by atoms with Crippen molar-refractivity contribution in [3.05, 3.63) is 0 Å². The molecule has 2 aliphatic rings. The Labute approximate surface area is 82.2 Å². The number of aldehydes is 1. The number of carboxylic acid groups (broad SMARTS) is 1. The van der Waals surface area contributed by atoms with Gasteiger partial charge in [-0.2, -0.15) is 0 Å². The number of ether oxygens (including phenoxy) is 1. The van der Waals surface area contributed by atoms with Gasteiger partial charge in [-0.3, -0.25) is 4.79 Å². The third kappa shape index (κ3) is 1.54. The first-order valence-electron chi connectivity index (χ1n) is 4.92. The van der Waals surface area contributed by atoms with Crippen molar-refractivity contribution in [1.82, 2.24) is 0 Å². The SMILES string of the molecule is O=CC12COCC(CC(C(=O)O)C1)C2. The number of hydrogen-bond acceptors (Lipinski definition) is 3. The molecule has 1 N–H and O–H groups in total. The minimum Gasteiger partial charge on any atom is -0.481 e. The quantitative estimate of drug-likeness (QED) is 0.663. The molecule has 2 rings (SSSR count). The van der Waals surface area contributed by atoms with Gasteiger partial charge in [0.15, 0.2) is 0 Å². The second-order valence-electron chi connectivity index (χ2n) is 4.54. The molecule has 1 heterocycles. The highest BCUT2D eigenvalue weighted by Gasteiger charge is 2.45. The number of carbonyl (C=O) groups is 2. The van der Waals surface area contributed by atoms with Crippen molar-refractivity contribution in [2.24, 2.45) is 17.3 Å². The molecule has 0 aromatic carbocycles. The minimum absolute atomic E-state index is 0.254. The molecular weight excluding hydrogens is 184 g/mol. The van der Waals surface area contributed by atoms with Gasteiger partial charge < -0.3 is 14.6 Å². The topological polar surface area (TPSA) is 63.6 Å². The summed E-state index contributed by atoms with van der Waals surface area (Å²) >= 11 is 0. The van der Waals surface area contributed by atoms with Crippen LogP contribution in [0.5, 0.6) is 0 Å². The van der Waals surface area contributed by atoms with Crippen LogP contribution in [0, 0.1) is 17.3 Å². The number of carbonyl (C=O) groups excluding carboxylic acids is 1. The molecule has 1 aliphatic heterocycles. The van der Waals surface area contributed by atoms with Crippen LogP contribution >= 0.6 is 0 Å². The van der Waals surface area contributed by atoms with Crippen LogP contribution in [0.3, 0.4) is 0 Å². The Hall–Kier alpha value is -0.900. The third-order valence-corrected chi connectivity index (χ3v) is 3.31. The highest BCUT2D eigenvalue weighted by Crippen LogP contribution is 2.44. The Balaban J connectivity index is 2.17. The van der Waals surface area contributed by atoms with Crippen molar-refractivity contribution in [2.75, 3.05) is 13.2 Å². The molecule has 0 aromatic rings. The zero-order valence-electron chi connectivity index (χ0n) is 7.94. The van der Waals surface area contributed by atoms with Gasteiger partial charge >= 0.3 is 5.97 Å². The van der Waals surface area contributed by atoms with Gasteiger partial charge in [0.25, 0.3) is 0 Å². The Morgan fingerprint density at radius 1 is 1.50 bits per heavy atom. The zero-order chi connectivity index (χ0) is 10.2. The van der Waals surface area contributed by atoms with E-state index in [1.54, 1.807) is 0 Å². The molecule has 1 saturated carbocycles. The third-order valence-electron chi connectivity index (χ3n) is 3.31. The molecule has 1 aliphatic carbocycles. The van der Waals surface area contributed by atoms with Gasteiger partial charge in [0.2, 0.25) is 0 Å². The summed E-state index contributed by atoms with van der Waals surface area (Å²) in [4.78, 5) is 21.9. The summed E-state index contributed by atoms with van der Waals surface area (Å²) in [6.07, 6.45) is 2.81. The van der Waals surface area contributed by atoms with Crippen LogP contribution in [-0.4, -0.2) is 30.6 Å². The molecule has 78 valence electrons. The zero-order valence-corrected chi connectivity index (χ0v) is 7.94. The normalized spacial score (nSPS) is 41.7. The van der Waals surface area contributed by atoms with E-state index in [9.17, 15) is 9.59 Å². The van der Waals surface area contributed by atoms with E-state index >= 15 is 0 Å². The van der Waals surface area contributed by atoms with Crippen LogP contribution in [0.15, 0.2) is 0 Å². The predicted octanol–water partition coefficient (Wildman–Crippen LogP) is 0.703. The molecule has 0 spiro atoms. The van der Waals surface area contributed by atoms with Gasteiger partial charge in [-0.15, -0.1) is 0 Å². The second-order valence-corrected chi connectivity index (χ2v) is 4.54. The van der Waals surface area contributed by atoms with Crippen molar-refractivity contribution in [3.63, 3.8) is 0 Å². The first-order chi connectivity index (χ1) is 6.65. The van der Waals surface area contributed by atoms with E-state index in [1.165, 1.54) is 0 Å². The maximum absolute atomic E-state index is 11.0. The van der Waals surface area contributed by atoms with Gasteiger partial charge in [-0.25, -0.2) is 0 Å². The molecule has 3 unspecified atom stereocenters. The molecule has 3 atom stereocenters. The number of hydrogen-bond donors (Lipinski definition) is 1. The van der Waals surface area contributed by atoms with E-state index in [0.717, 1.165) is 12.7 Å². The summed E-state index contributed by atoms with van der Waals surface area (Å²) in [6, 6.07) is 0. The van der Waals surface area contributed by atoms with E-state index < -0.39 is 11.4 Å². The first kappa shape index (κ1) is 9.65. The molecule has 1 saturated heterocycles. The van der Waals surface area contributed by atoms with Crippen molar-refractivity contribution in [1.29, 1.82) is 0 Å². The number of rotatable bonds is 2. The van der Waals surface area contributed by atoms with Crippen molar-refractivity contribution >= 4 is 12.3 Å². The molecule has 2 bridgehead atoms. The monoisotopic (exact) mass is 198 g/mol. The minimum atomic E-state index is -0.775. The van der Waals surface area contributed by atoms with Crippen LogP contribution in [0.2, 0.25) is 0 Å². The van der Waals surface area contributed by atoms with Crippen molar-refractivity contribution in [3.8, 4) is 0 Å². The van der Waals surface area contributed by atoms with E-state index in [2.05, 4.69) is 0 Å². The predicted molar refractivity (Wildman–Crippen MR) is 47.8 cm³/mol. The fraction of sp³-hybridized carbons (Fsp3) is 0.800. The summed E-state index contributed by atoms with van der Waals surface area (Å²) in [5.41, 5.74) is -0.510. The smallest absolute Gasteiger partial charge is 0.306 e. The first-order valence-corrected chi connectivity index (χ1v) is 4.92. The fourth-order valence-electron chi connectivity index (χ4n) is 2.71. The maximum Gasteiger partial charge on any atom is 0.306 e. The van der Waals surface area contributed by atoms with E-state index in [-0.39, 0.29) is 11.8 Å². The van der Waals surface area contributed by atoms with Gasteiger partial charge in [0, 0.05) is 6.61 Å². The van der Waals surface area contributed by atoms with E-state index in [1.807, 2.05) is 0 Å². The number of aliphatic carboxylic acids is 1. The molecule has 2 fully saturated rings. The molecule has 4 nitrogen and oxygen atoms in total. The van der Waals surface area contributed by atoms with E-state index in [0.29, 0.717) is 26.1 Å². The van der Waals surface area contributed by atoms with Crippen LogP contribution < -0.4 is 0 Å². The highest BCUT2D eigenvalue weighted by atomic mass is 16.5. The second kappa shape index (κ2) is 3.35. The van der Waals surface area contributed by atoms with Crippen LogP contribution in [0.25, 0.3) is 0 Å². The van der Waals surface area contributed by atoms with Crippen LogP contribution in [-0.2, 0) is 14.3 Å². The summed E-state index contributed by atoms with van der Waals surface area (Å²) in [5, 5.41) is 8.95. The summed E-state index contributed by atoms with van der Waals surface area (Å²) in [5.74, 6) is -0.880. The summed E-state index contributed by atoms with van der Waals surface area (Å²) < 4.78 is 5.33. The Morgan fingerprint density at radius 3 is 2.93 bits per heavy atom. The van der Waals surface area contributed by atoms with Crippen LogP contribution in [0.4, 0.5) is 0 Å². The lowest BCUT2D eigenvalue weighted by Gasteiger charge is -2.43. The lowest BCUT2D eigenvalue weighted by molar-refractivity contribution is -0.154. The Bertz CT molecular complexity index is 263. The number of fused-ring (bicyclic) bond motifs is 2. The van der Waals surface area contributed by atoms with E-state index in [4.69, 9.17) is 9.84 Å². The van der Waals surface area contributed by atoms with Gasteiger partial charge in [-0.05, 0) is 25.2 Å². The molecule has 0 aromatic heterocycles. The Morgan fingerprint density at radius 2 is 2.29 bits per heavy atom. The maximum atomic E-state index is 11.0. The average Bonchev–Trinajstić information content (AvgIpc) is 2.17. The van der Waals surface area contributed by atoms with Gasteiger partial charge in [0.05, 0.1) is 17.9 Å². The van der Waals surface area contributed by atoms with Gasteiger partial charge in [0.1, 0.15) is 6.29 Å². The number of carboxylic acids is 1. The molecule has 4 heteroatoms. The van der Waals surface area contributed by atoms with Crippen LogP contribution in [0.1, 0.15) is 19.3 Å².